The van der Waals surface area contributed by atoms with E-state index in [4.69, 9.17) is 15.3 Å². The molecule has 2 N–H and O–H groups in total. The van der Waals surface area contributed by atoms with Gasteiger partial charge in [0.25, 0.3) is 5.69 Å². The molecule has 6 nitrogen and oxygen atoms in total. The van der Waals surface area contributed by atoms with Crippen molar-refractivity contribution in [2.45, 2.75) is 0 Å². The molecule has 0 bridgehead atoms. The van der Waals surface area contributed by atoms with E-state index in [1.54, 1.807) is 0 Å². The highest BCUT2D eigenvalue weighted by atomic mass is 16.6. The minimum absolute atomic E-state index is 0.0518. The van der Waals surface area contributed by atoms with Crippen molar-refractivity contribution < 1.29 is 15.0 Å². The van der Waals surface area contributed by atoms with Crippen molar-refractivity contribution >= 4 is 13.4 Å². The van der Waals surface area contributed by atoms with Crippen LogP contribution in [0.25, 0.3) is 0 Å². The highest BCUT2D eigenvalue weighted by Crippen LogP contribution is 2.11. The van der Waals surface area contributed by atoms with Crippen LogP contribution in [-0.4, -0.2) is 22.7 Å². The Balaban J connectivity index is 0.000000500. The Morgan fingerprint density at radius 3 is 2.50 bits per heavy atom. The van der Waals surface area contributed by atoms with Gasteiger partial charge in [0.15, 0.2) is 0 Å². The fourth-order valence-electron chi connectivity index (χ4n) is 0.689. The summed E-state index contributed by atoms with van der Waals surface area (Å²) >= 11 is 0. The molecule has 0 aliphatic heterocycles. The molecular weight excluding hydrogens is 187 g/mol. The molecule has 1 aromatic carbocycles. The van der Waals surface area contributed by atoms with Gasteiger partial charge >= 0.3 is 7.69 Å². The topological polar surface area (TPSA) is 107 Å². The Hall–Kier alpha value is -1.91. The maximum atomic E-state index is 10.2. The molecule has 0 saturated carbocycles. The lowest BCUT2D eigenvalue weighted by molar-refractivity contribution is -0.384. The predicted octanol–water partition coefficient (Wildman–Crippen LogP) is -0.296. The zero-order valence-corrected chi connectivity index (χ0v) is 7.12. The first-order valence-electron chi connectivity index (χ1n) is 3.52. The Kier molecular flexibility index (Phi) is 5.70. The second-order valence-electron chi connectivity index (χ2n) is 2.06. The van der Waals surface area contributed by atoms with Crippen LogP contribution in [0, 0.1) is 21.4 Å². The first-order valence-corrected chi connectivity index (χ1v) is 3.52. The highest BCUT2D eigenvalue weighted by Gasteiger charge is 2.03. The van der Waals surface area contributed by atoms with Crippen LogP contribution < -0.4 is 0 Å². The molecule has 14 heavy (non-hydrogen) atoms. The van der Waals surface area contributed by atoms with E-state index in [0.717, 1.165) is 0 Å². The van der Waals surface area contributed by atoms with Crippen molar-refractivity contribution in [2.75, 3.05) is 0 Å². The summed E-state index contributed by atoms with van der Waals surface area (Å²) in [6, 6.07) is 7.41. The smallest absolute Gasteiger partial charge is 0.430 e. The van der Waals surface area contributed by atoms with Gasteiger partial charge in [0.2, 0.25) is 0 Å². The number of hydrogen-bond acceptors (Lipinski definition) is 5. The van der Waals surface area contributed by atoms with Gasteiger partial charge in [0, 0.05) is 12.1 Å². The molecule has 72 valence electrons. The number of benzene rings is 1. The van der Waals surface area contributed by atoms with Crippen molar-refractivity contribution in [3.63, 3.8) is 0 Å². The van der Waals surface area contributed by atoms with Crippen LogP contribution >= 0.6 is 0 Å². The summed E-state index contributed by atoms with van der Waals surface area (Å²) in [5.41, 5.74) is 0.253. The van der Waals surface area contributed by atoms with E-state index in [2.05, 4.69) is 0 Å². The van der Waals surface area contributed by atoms with Gasteiger partial charge in [-0.25, -0.2) is 0 Å². The van der Waals surface area contributed by atoms with Crippen LogP contribution in [0.3, 0.4) is 0 Å². The van der Waals surface area contributed by atoms with Crippen molar-refractivity contribution in [3.8, 4) is 6.07 Å². The summed E-state index contributed by atoms with van der Waals surface area (Å²) in [4.78, 5) is 9.64. The van der Waals surface area contributed by atoms with Crippen LogP contribution in [-0.2, 0) is 0 Å². The lowest BCUT2D eigenvalue weighted by atomic mass is 10.2. The van der Waals surface area contributed by atoms with Crippen LogP contribution in [0.2, 0.25) is 0 Å². The minimum atomic E-state index is -0.750. The Labute approximate surface area is 80.5 Å². The lowest BCUT2D eigenvalue weighted by Gasteiger charge is -1.89. The van der Waals surface area contributed by atoms with Gasteiger partial charge in [-0.3, -0.25) is 10.1 Å². The molecule has 0 aromatic heterocycles. The first kappa shape index (κ1) is 12.1. The minimum Gasteiger partial charge on any atom is -0.430 e. The van der Waals surface area contributed by atoms with E-state index in [1.165, 1.54) is 24.3 Å². The maximum Gasteiger partial charge on any atom is 0.432 e. The number of rotatable bonds is 1. The molecule has 0 saturated heterocycles. The van der Waals surface area contributed by atoms with Crippen molar-refractivity contribution in [2.24, 2.45) is 0 Å². The summed E-state index contributed by atoms with van der Waals surface area (Å²) in [5.74, 6) is 0. The van der Waals surface area contributed by atoms with Crippen LogP contribution in [0.15, 0.2) is 24.3 Å². The average molecular weight is 194 g/mol. The first-order chi connectivity index (χ1) is 6.65. The predicted molar refractivity (Wildman–Crippen MR) is 49.4 cm³/mol. The van der Waals surface area contributed by atoms with Gasteiger partial charge in [-0.15, -0.1) is 0 Å². The number of nitriles is 1. The third-order valence-electron chi connectivity index (χ3n) is 1.19. The zero-order valence-electron chi connectivity index (χ0n) is 7.12. The Morgan fingerprint density at radius 2 is 2.07 bits per heavy atom. The van der Waals surface area contributed by atoms with Gasteiger partial charge in [-0.2, -0.15) is 5.26 Å². The summed E-state index contributed by atoms with van der Waals surface area (Å²) in [5, 5.41) is 32.8. The summed E-state index contributed by atoms with van der Waals surface area (Å²) in [6.07, 6.45) is 0. The molecule has 0 fully saturated rings. The van der Waals surface area contributed by atoms with Crippen molar-refractivity contribution in [1.82, 2.24) is 0 Å². The molecule has 0 spiro atoms. The number of non-ortho nitro benzene ring substituents is 1. The van der Waals surface area contributed by atoms with Gasteiger partial charge in [0.1, 0.15) is 0 Å². The molecule has 0 heterocycles. The third kappa shape index (κ3) is 4.20. The zero-order chi connectivity index (χ0) is 11.0. The van der Waals surface area contributed by atoms with Gasteiger partial charge in [0.05, 0.1) is 16.6 Å². The molecule has 0 unspecified atom stereocenters. The number of nitrogens with zero attached hydrogens (tertiary/aromatic N) is 2. The normalized spacial score (nSPS) is 7.79. The fraction of sp³-hybridized carbons (Fsp3) is 0. The molecule has 0 aliphatic carbocycles. The second kappa shape index (κ2) is 6.59. The van der Waals surface area contributed by atoms with E-state index in [-0.39, 0.29) is 5.69 Å². The van der Waals surface area contributed by atoms with E-state index in [9.17, 15) is 10.1 Å². The van der Waals surface area contributed by atoms with Crippen LogP contribution in [0.4, 0.5) is 5.69 Å². The van der Waals surface area contributed by atoms with Gasteiger partial charge in [-0.1, -0.05) is 6.07 Å². The Morgan fingerprint density at radius 1 is 1.50 bits per heavy atom. The molecule has 1 rings (SSSR count). The standard InChI is InChI=1S/C7H4N2O2.BH3O2/c8-5-6-2-1-3-7(4-6)9(10)11;2-1-3/h1-4H;1-3H. The SMILES string of the molecule is N#Cc1cccc([N+](=O)[O-])c1.OBO. The van der Waals surface area contributed by atoms with Crippen molar-refractivity contribution in [1.29, 1.82) is 5.26 Å². The average Bonchev–Trinajstić information content (AvgIpc) is 2.19. The van der Waals surface area contributed by atoms with Gasteiger partial charge < -0.3 is 10.0 Å². The second-order valence-corrected chi connectivity index (χ2v) is 2.06. The lowest BCUT2D eigenvalue weighted by Crippen LogP contribution is -1.87. The number of hydrogen-bond donors (Lipinski definition) is 2. The molecule has 0 atom stereocenters. The van der Waals surface area contributed by atoms with Gasteiger partial charge in [-0.05, 0) is 6.07 Å². The van der Waals surface area contributed by atoms with E-state index in [0.29, 0.717) is 5.56 Å². The van der Waals surface area contributed by atoms with E-state index < -0.39 is 12.6 Å². The molecule has 1 aromatic rings. The third-order valence-corrected chi connectivity index (χ3v) is 1.19. The summed E-state index contributed by atoms with van der Waals surface area (Å²) in [7, 11) is -0.750. The van der Waals surface area contributed by atoms with Crippen LogP contribution in [0.5, 0.6) is 0 Å². The fourth-order valence-corrected chi connectivity index (χ4v) is 0.689. The van der Waals surface area contributed by atoms with E-state index in [1.807, 2.05) is 6.07 Å². The number of nitro benzene ring substituents is 1. The molecule has 0 radical (unpaired) electrons. The number of nitro groups is 1. The monoisotopic (exact) mass is 194 g/mol. The summed E-state index contributed by atoms with van der Waals surface area (Å²) in [6.45, 7) is 0. The molecule has 7 heteroatoms. The van der Waals surface area contributed by atoms with Crippen molar-refractivity contribution in [3.05, 3.63) is 39.9 Å². The highest BCUT2D eigenvalue weighted by molar-refractivity contribution is 6.13. The van der Waals surface area contributed by atoms with Crippen LogP contribution in [0.1, 0.15) is 5.56 Å². The molecule has 0 aliphatic rings. The Bertz CT molecular complexity index is 350. The molecular formula is C7H7BN2O4. The summed E-state index contributed by atoms with van der Waals surface area (Å²) < 4.78 is 0. The quantitative estimate of drug-likeness (QED) is 0.362. The largest absolute Gasteiger partial charge is 0.432 e. The molecule has 0 amide bonds. The maximum absolute atomic E-state index is 10.2. The van der Waals surface area contributed by atoms with E-state index >= 15 is 0 Å².